The van der Waals surface area contributed by atoms with Crippen molar-refractivity contribution in [3.8, 4) is 0 Å². The van der Waals surface area contributed by atoms with Crippen molar-refractivity contribution in [2.75, 3.05) is 20.6 Å². The van der Waals surface area contributed by atoms with Crippen LogP contribution in [0, 0.1) is 0 Å². The summed E-state index contributed by atoms with van der Waals surface area (Å²) in [5.74, 6) is 0. The van der Waals surface area contributed by atoms with Crippen LogP contribution in [0.25, 0.3) is 0 Å². The number of hydrogen-bond donors (Lipinski definition) is 2. The number of likely N-dealkylation sites (N-methyl/N-ethyl adjacent to an activating group) is 1. The minimum Gasteiger partial charge on any atom is -0.365 e. The summed E-state index contributed by atoms with van der Waals surface area (Å²) >= 11 is 0. The third kappa shape index (κ3) is 4.49. The topological polar surface area (TPSA) is 43.7 Å². The minimum absolute atomic E-state index is 0.591. The van der Waals surface area contributed by atoms with Crippen LogP contribution in [0.3, 0.4) is 0 Å². The summed E-state index contributed by atoms with van der Waals surface area (Å²) in [7, 11) is 3.85. The van der Waals surface area contributed by atoms with E-state index in [0.717, 1.165) is 6.54 Å². The van der Waals surface area contributed by atoms with Gasteiger partial charge in [0.2, 0.25) is 0 Å². The molecule has 10 heavy (non-hydrogen) atoms. The minimum atomic E-state index is -1.31. The van der Waals surface area contributed by atoms with E-state index in [1.165, 1.54) is 0 Å². The molecule has 0 fully saturated rings. The molecule has 3 heteroatoms. The van der Waals surface area contributed by atoms with Crippen LogP contribution in [0.2, 0.25) is 0 Å². The van der Waals surface area contributed by atoms with E-state index in [-0.39, 0.29) is 0 Å². The molecule has 0 saturated carbocycles. The quantitative estimate of drug-likeness (QED) is 0.427. The molecule has 60 valence electrons. The Morgan fingerprint density at radius 2 is 2.00 bits per heavy atom. The first-order chi connectivity index (χ1) is 4.54. The SMILES string of the molecule is C/C(=C\CN(C)C)C(O)O. The molecule has 0 amide bonds. The van der Waals surface area contributed by atoms with Crippen molar-refractivity contribution in [1.82, 2.24) is 4.90 Å². The highest BCUT2D eigenvalue weighted by Gasteiger charge is 1.97. The van der Waals surface area contributed by atoms with Gasteiger partial charge in [0.1, 0.15) is 0 Å². The molecule has 0 aromatic carbocycles. The third-order valence-corrected chi connectivity index (χ3v) is 1.19. The van der Waals surface area contributed by atoms with Crippen molar-refractivity contribution >= 4 is 0 Å². The van der Waals surface area contributed by atoms with Gasteiger partial charge in [-0.1, -0.05) is 6.08 Å². The lowest BCUT2D eigenvalue weighted by Gasteiger charge is -2.07. The second kappa shape index (κ2) is 4.44. The van der Waals surface area contributed by atoms with Crippen LogP contribution in [-0.2, 0) is 0 Å². The summed E-state index contributed by atoms with van der Waals surface area (Å²) in [4.78, 5) is 1.95. The largest absolute Gasteiger partial charge is 0.365 e. The first kappa shape index (κ1) is 9.62. The highest BCUT2D eigenvalue weighted by molar-refractivity contribution is 5.01. The fraction of sp³-hybridized carbons (Fsp3) is 0.714. The number of nitrogens with zero attached hydrogens (tertiary/aromatic N) is 1. The molecule has 0 unspecified atom stereocenters. The molecule has 0 aromatic rings. The number of rotatable bonds is 3. The van der Waals surface area contributed by atoms with Gasteiger partial charge in [0, 0.05) is 6.54 Å². The maximum atomic E-state index is 8.60. The first-order valence-corrected chi connectivity index (χ1v) is 3.21. The maximum absolute atomic E-state index is 8.60. The van der Waals surface area contributed by atoms with Crippen LogP contribution in [0.4, 0.5) is 0 Å². The standard InChI is InChI=1S/C7H15NO2/c1-6(7(9)10)4-5-8(2)3/h4,7,9-10H,5H2,1-3H3/b6-4+. The Kier molecular flexibility index (Phi) is 4.27. The molecule has 3 nitrogen and oxygen atoms in total. The van der Waals surface area contributed by atoms with Crippen molar-refractivity contribution < 1.29 is 10.2 Å². The van der Waals surface area contributed by atoms with E-state index < -0.39 is 6.29 Å². The molecular weight excluding hydrogens is 130 g/mol. The zero-order valence-corrected chi connectivity index (χ0v) is 6.70. The second-order valence-corrected chi connectivity index (χ2v) is 2.58. The van der Waals surface area contributed by atoms with Gasteiger partial charge in [-0.05, 0) is 26.6 Å². The zero-order valence-electron chi connectivity index (χ0n) is 6.70. The van der Waals surface area contributed by atoms with Gasteiger partial charge in [-0.25, -0.2) is 0 Å². The number of aliphatic hydroxyl groups excluding tert-OH is 1. The van der Waals surface area contributed by atoms with E-state index in [2.05, 4.69) is 0 Å². The molecule has 0 aliphatic heterocycles. The molecule has 0 bridgehead atoms. The molecule has 0 rings (SSSR count). The number of hydrogen-bond acceptors (Lipinski definition) is 3. The molecule has 0 saturated heterocycles. The van der Waals surface area contributed by atoms with Gasteiger partial charge in [-0.3, -0.25) is 0 Å². The average molecular weight is 145 g/mol. The average Bonchev–Trinajstić information content (AvgIpc) is 1.82. The number of aliphatic hydroxyl groups is 2. The molecule has 0 aromatic heterocycles. The molecule has 0 atom stereocenters. The van der Waals surface area contributed by atoms with Crippen LogP contribution in [0.5, 0.6) is 0 Å². The van der Waals surface area contributed by atoms with Crippen molar-refractivity contribution in [2.45, 2.75) is 13.2 Å². The molecule has 0 spiro atoms. The summed E-state index contributed by atoms with van der Waals surface area (Å²) < 4.78 is 0. The summed E-state index contributed by atoms with van der Waals surface area (Å²) in [5, 5.41) is 17.2. The molecule has 0 heterocycles. The summed E-state index contributed by atoms with van der Waals surface area (Å²) in [6.45, 7) is 2.43. The highest BCUT2D eigenvalue weighted by Crippen LogP contribution is 1.96. The van der Waals surface area contributed by atoms with Crippen LogP contribution in [-0.4, -0.2) is 42.0 Å². The zero-order chi connectivity index (χ0) is 8.15. The Hall–Kier alpha value is -0.380. The van der Waals surface area contributed by atoms with E-state index in [1.54, 1.807) is 13.0 Å². The van der Waals surface area contributed by atoms with E-state index >= 15 is 0 Å². The Morgan fingerprint density at radius 1 is 1.50 bits per heavy atom. The van der Waals surface area contributed by atoms with Crippen molar-refractivity contribution in [3.63, 3.8) is 0 Å². The summed E-state index contributed by atoms with van der Waals surface area (Å²) in [5.41, 5.74) is 0.591. The van der Waals surface area contributed by atoms with E-state index in [9.17, 15) is 0 Å². The third-order valence-electron chi connectivity index (χ3n) is 1.19. The Morgan fingerprint density at radius 3 is 2.30 bits per heavy atom. The monoisotopic (exact) mass is 145 g/mol. The molecule has 0 aliphatic carbocycles. The van der Waals surface area contributed by atoms with Gasteiger partial charge in [0.05, 0.1) is 0 Å². The van der Waals surface area contributed by atoms with E-state index in [1.807, 2.05) is 19.0 Å². The fourth-order valence-electron chi connectivity index (χ4n) is 0.432. The van der Waals surface area contributed by atoms with Crippen LogP contribution in [0.15, 0.2) is 11.6 Å². The Bertz CT molecular complexity index is 119. The van der Waals surface area contributed by atoms with Crippen LogP contribution >= 0.6 is 0 Å². The molecule has 0 aliphatic rings. The smallest absolute Gasteiger partial charge is 0.174 e. The van der Waals surface area contributed by atoms with Crippen LogP contribution in [0.1, 0.15) is 6.92 Å². The normalized spacial score (nSPS) is 13.3. The lowest BCUT2D eigenvalue weighted by molar-refractivity contribution is -0.00794. The van der Waals surface area contributed by atoms with Gasteiger partial charge < -0.3 is 15.1 Å². The van der Waals surface area contributed by atoms with Gasteiger partial charge in [0.25, 0.3) is 0 Å². The van der Waals surface area contributed by atoms with Gasteiger partial charge in [-0.2, -0.15) is 0 Å². The van der Waals surface area contributed by atoms with Crippen molar-refractivity contribution in [2.24, 2.45) is 0 Å². The van der Waals surface area contributed by atoms with E-state index in [0.29, 0.717) is 5.57 Å². The van der Waals surface area contributed by atoms with Crippen LogP contribution < -0.4 is 0 Å². The predicted octanol–water partition coefficient (Wildman–Crippen LogP) is -0.195. The first-order valence-electron chi connectivity index (χ1n) is 3.21. The van der Waals surface area contributed by atoms with E-state index in [4.69, 9.17) is 10.2 Å². The van der Waals surface area contributed by atoms with Crippen molar-refractivity contribution in [1.29, 1.82) is 0 Å². The van der Waals surface area contributed by atoms with Gasteiger partial charge in [-0.15, -0.1) is 0 Å². The molecule has 0 radical (unpaired) electrons. The Labute approximate surface area is 61.6 Å². The highest BCUT2D eigenvalue weighted by atomic mass is 16.5. The Balaban J connectivity index is 3.69. The molecular formula is C7H15NO2. The molecule has 2 N–H and O–H groups in total. The summed E-state index contributed by atoms with van der Waals surface area (Å²) in [6, 6.07) is 0. The predicted molar refractivity (Wildman–Crippen MR) is 40.5 cm³/mol. The van der Waals surface area contributed by atoms with Gasteiger partial charge in [0.15, 0.2) is 6.29 Å². The summed E-state index contributed by atoms with van der Waals surface area (Å²) in [6.07, 6.45) is 0.477. The maximum Gasteiger partial charge on any atom is 0.174 e. The van der Waals surface area contributed by atoms with Crippen molar-refractivity contribution in [3.05, 3.63) is 11.6 Å². The van der Waals surface area contributed by atoms with Gasteiger partial charge >= 0.3 is 0 Å². The lowest BCUT2D eigenvalue weighted by atomic mass is 10.3. The second-order valence-electron chi connectivity index (χ2n) is 2.58. The fourth-order valence-corrected chi connectivity index (χ4v) is 0.432. The lowest BCUT2D eigenvalue weighted by Crippen LogP contribution is -2.13.